The molecule has 2 atom stereocenters. The molecular formula is C14H20N2O2. The molecule has 18 heavy (non-hydrogen) atoms. The normalized spacial score (nSPS) is 24.3. The van der Waals surface area contributed by atoms with E-state index >= 15 is 0 Å². The van der Waals surface area contributed by atoms with E-state index in [1.165, 1.54) is 25.1 Å². The van der Waals surface area contributed by atoms with Crippen LogP contribution in [-0.4, -0.2) is 22.0 Å². The molecule has 2 rings (SSSR count). The number of amides is 1. The summed E-state index contributed by atoms with van der Waals surface area (Å²) in [5, 5.41) is 12.6. The second-order valence-electron chi connectivity index (χ2n) is 5.07. The highest BCUT2D eigenvalue weighted by Gasteiger charge is 2.23. The smallest absolute Gasteiger partial charge is 0.273 e. The van der Waals surface area contributed by atoms with Crippen molar-refractivity contribution in [3.8, 4) is 5.75 Å². The van der Waals surface area contributed by atoms with E-state index in [1.54, 1.807) is 6.07 Å². The van der Waals surface area contributed by atoms with Gasteiger partial charge in [-0.05, 0) is 30.9 Å². The van der Waals surface area contributed by atoms with Gasteiger partial charge in [0.1, 0.15) is 5.75 Å². The SMILES string of the molecule is CC1CCCCCC1NC(=O)c1ncccc1O. The zero-order valence-corrected chi connectivity index (χ0v) is 10.7. The number of aromatic nitrogens is 1. The van der Waals surface area contributed by atoms with Crippen LogP contribution in [0.1, 0.15) is 49.5 Å². The van der Waals surface area contributed by atoms with Crippen LogP contribution < -0.4 is 5.32 Å². The lowest BCUT2D eigenvalue weighted by Gasteiger charge is -2.22. The van der Waals surface area contributed by atoms with Crippen molar-refractivity contribution in [3.63, 3.8) is 0 Å². The molecule has 0 saturated heterocycles. The van der Waals surface area contributed by atoms with Crippen LogP contribution in [0.5, 0.6) is 5.75 Å². The third-order valence-corrected chi connectivity index (χ3v) is 3.68. The quantitative estimate of drug-likeness (QED) is 0.790. The summed E-state index contributed by atoms with van der Waals surface area (Å²) >= 11 is 0. The zero-order valence-electron chi connectivity index (χ0n) is 10.7. The molecule has 1 amide bonds. The Kier molecular flexibility index (Phi) is 4.18. The summed E-state index contributed by atoms with van der Waals surface area (Å²) in [6.07, 6.45) is 7.32. The van der Waals surface area contributed by atoms with Crippen LogP contribution in [-0.2, 0) is 0 Å². The van der Waals surface area contributed by atoms with Gasteiger partial charge in [0, 0.05) is 12.2 Å². The fraction of sp³-hybridized carbons (Fsp3) is 0.571. The molecule has 0 aromatic carbocycles. The first-order valence-electron chi connectivity index (χ1n) is 6.63. The number of hydrogen-bond donors (Lipinski definition) is 2. The Morgan fingerprint density at radius 1 is 1.39 bits per heavy atom. The highest BCUT2D eigenvalue weighted by Crippen LogP contribution is 2.23. The largest absolute Gasteiger partial charge is 0.505 e. The third-order valence-electron chi connectivity index (χ3n) is 3.68. The van der Waals surface area contributed by atoms with E-state index in [1.807, 2.05) is 0 Å². The van der Waals surface area contributed by atoms with Crippen LogP contribution >= 0.6 is 0 Å². The molecular weight excluding hydrogens is 228 g/mol. The first-order chi connectivity index (χ1) is 8.68. The minimum Gasteiger partial charge on any atom is -0.505 e. The van der Waals surface area contributed by atoms with Crippen molar-refractivity contribution in [2.45, 2.75) is 45.1 Å². The summed E-state index contributed by atoms with van der Waals surface area (Å²) < 4.78 is 0. The van der Waals surface area contributed by atoms with Gasteiger partial charge in [0.05, 0.1) is 0 Å². The van der Waals surface area contributed by atoms with Gasteiger partial charge in [-0.2, -0.15) is 0 Å². The standard InChI is InChI=1S/C14H20N2O2/c1-10-6-3-2-4-7-11(10)16-14(18)13-12(17)8-5-9-15-13/h5,8-11,17H,2-4,6-7H2,1H3,(H,16,18). The number of hydrogen-bond acceptors (Lipinski definition) is 3. The number of nitrogens with one attached hydrogen (secondary N) is 1. The second kappa shape index (κ2) is 5.85. The third kappa shape index (κ3) is 3.00. The van der Waals surface area contributed by atoms with Crippen molar-refractivity contribution >= 4 is 5.91 Å². The topological polar surface area (TPSA) is 62.2 Å². The average molecular weight is 248 g/mol. The van der Waals surface area contributed by atoms with Crippen molar-refractivity contribution in [2.75, 3.05) is 0 Å². The Bertz CT molecular complexity index is 420. The van der Waals surface area contributed by atoms with E-state index in [0.717, 1.165) is 19.3 Å². The van der Waals surface area contributed by atoms with Gasteiger partial charge in [0.2, 0.25) is 0 Å². The molecule has 1 heterocycles. The number of rotatable bonds is 2. The van der Waals surface area contributed by atoms with E-state index in [9.17, 15) is 9.90 Å². The summed E-state index contributed by atoms with van der Waals surface area (Å²) in [6.45, 7) is 2.18. The molecule has 0 spiro atoms. The van der Waals surface area contributed by atoms with Crippen LogP contribution in [0.4, 0.5) is 0 Å². The van der Waals surface area contributed by atoms with E-state index in [-0.39, 0.29) is 23.4 Å². The van der Waals surface area contributed by atoms with Crippen molar-refractivity contribution in [3.05, 3.63) is 24.0 Å². The van der Waals surface area contributed by atoms with Crippen LogP contribution in [0.15, 0.2) is 18.3 Å². The molecule has 0 radical (unpaired) electrons. The molecule has 1 fully saturated rings. The molecule has 0 bridgehead atoms. The van der Waals surface area contributed by atoms with E-state index in [0.29, 0.717) is 5.92 Å². The van der Waals surface area contributed by atoms with Crippen LogP contribution in [0.25, 0.3) is 0 Å². The molecule has 1 aromatic heterocycles. The first kappa shape index (κ1) is 12.9. The Morgan fingerprint density at radius 3 is 2.94 bits per heavy atom. The lowest BCUT2D eigenvalue weighted by molar-refractivity contribution is 0.0913. The molecule has 1 saturated carbocycles. The monoisotopic (exact) mass is 248 g/mol. The van der Waals surface area contributed by atoms with Crippen molar-refractivity contribution in [2.24, 2.45) is 5.92 Å². The molecule has 1 aliphatic carbocycles. The molecule has 2 unspecified atom stereocenters. The van der Waals surface area contributed by atoms with Gasteiger partial charge in [0.25, 0.3) is 5.91 Å². The number of pyridine rings is 1. The van der Waals surface area contributed by atoms with Crippen LogP contribution in [0.3, 0.4) is 0 Å². The van der Waals surface area contributed by atoms with Crippen molar-refractivity contribution < 1.29 is 9.90 Å². The summed E-state index contributed by atoms with van der Waals surface area (Å²) in [6, 6.07) is 3.29. The van der Waals surface area contributed by atoms with Gasteiger partial charge in [0.15, 0.2) is 5.69 Å². The summed E-state index contributed by atoms with van der Waals surface area (Å²) in [4.78, 5) is 16.0. The average Bonchev–Trinajstić information content (AvgIpc) is 2.55. The molecule has 4 heteroatoms. The van der Waals surface area contributed by atoms with E-state index in [2.05, 4.69) is 17.2 Å². The molecule has 0 aliphatic heterocycles. The highest BCUT2D eigenvalue weighted by atomic mass is 16.3. The van der Waals surface area contributed by atoms with Gasteiger partial charge in [-0.1, -0.05) is 26.2 Å². The van der Waals surface area contributed by atoms with Crippen LogP contribution in [0, 0.1) is 5.92 Å². The van der Waals surface area contributed by atoms with Crippen molar-refractivity contribution in [1.29, 1.82) is 0 Å². The summed E-state index contributed by atoms with van der Waals surface area (Å²) in [5.41, 5.74) is 0.119. The number of carbonyl (C=O) groups is 1. The maximum absolute atomic E-state index is 12.1. The molecule has 2 N–H and O–H groups in total. The van der Waals surface area contributed by atoms with Gasteiger partial charge >= 0.3 is 0 Å². The van der Waals surface area contributed by atoms with Gasteiger partial charge in [-0.3, -0.25) is 4.79 Å². The lowest BCUT2D eigenvalue weighted by Crippen LogP contribution is -2.39. The van der Waals surface area contributed by atoms with E-state index in [4.69, 9.17) is 0 Å². The minimum absolute atomic E-state index is 0.0590. The second-order valence-corrected chi connectivity index (χ2v) is 5.07. The fourth-order valence-electron chi connectivity index (χ4n) is 2.52. The highest BCUT2D eigenvalue weighted by molar-refractivity contribution is 5.94. The molecule has 98 valence electrons. The fourth-order valence-corrected chi connectivity index (χ4v) is 2.52. The maximum atomic E-state index is 12.1. The predicted molar refractivity (Wildman–Crippen MR) is 69.4 cm³/mol. The Labute approximate surface area is 107 Å². The Balaban J connectivity index is 2.04. The summed E-state index contributed by atoms with van der Waals surface area (Å²) in [7, 11) is 0. The number of aromatic hydroxyl groups is 1. The lowest BCUT2D eigenvalue weighted by atomic mass is 9.97. The summed E-state index contributed by atoms with van der Waals surface area (Å²) in [5.74, 6) is 0.158. The first-order valence-corrected chi connectivity index (χ1v) is 6.63. The van der Waals surface area contributed by atoms with Crippen molar-refractivity contribution in [1.82, 2.24) is 10.3 Å². The minimum atomic E-state index is -0.271. The zero-order chi connectivity index (χ0) is 13.0. The Hall–Kier alpha value is -1.58. The number of carbonyl (C=O) groups excluding carboxylic acids is 1. The van der Waals surface area contributed by atoms with E-state index < -0.39 is 0 Å². The predicted octanol–water partition coefficient (Wildman–Crippen LogP) is 2.49. The van der Waals surface area contributed by atoms with Gasteiger partial charge < -0.3 is 10.4 Å². The van der Waals surface area contributed by atoms with Gasteiger partial charge in [-0.15, -0.1) is 0 Å². The molecule has 1 aliphatic rings. The van der Waals surface area contributed by atoms with Crippen LogP contribution in [0.2, 0.25) is 0 Å². The molecule has 1 aromatic rings. The van der Waals surface area contributed by atoms with Gasteiger partial charge in [-0.25, -0.2) is 4.98 Å². The Morgan fingerprint density at radius 2 is 2.17 bits per heavy atom. The maximum Gasteiger partial charge on any atom is 0.273 e. The number of nitrogens with zero attached hydrogens (tertiary/aromatic N) is 1. The molecule has 4 nitrogen and oxygen atoms in total.